The lowest BCUT2D eigenvalue weighted by Crippen LogP contribution is -2.40. The van der Waals surface area contributed by atoms with E-state index in [1.165, 1.54) is 13.0 Å². The van der Waals surface area contributed by atoms with Gasteiger partial charge >= 0.3 is 0 Å². The fourth-order valence-corrected chi connectivity index (χ4v) is 2.07. The Morgan fingerprint density at radius 1 is 1.40 bits per heavy atom. The molecular formula is C12H26N2O. The van der Waals surface area contributed by atoms with Crippen LogP contribution in [0.1, 0.15) is 27.2 Å². The lowest BCUT2D eigenvalue weighted by atomic mass is 10.1. The number of nitrogens with one attached hydrogen (secondary N) is 1. The molecule has 2 unspecified atom stereocenters. The zero-order chi connectivity index (χ0) is 11.3. The summed E-state index contributed by atoms with van der Waals surface area (Å²) in [5.74, 6) is 1.46. The van der Waals surface area contributed by atoms with Gasteiger partial charge in [-0.15, -0.1) is 0 Å². The lowest BCUT2D eigenvalue weighted by Gasteiger charge is -2.24. The minimum absolute atomic E-state index is 0.255. The molecule has 0 amide bonds. The fourth-order valence-electron chi connectivity index (χ4n) is 2.07. The molecule has 0 saturated carbocycles. The molecule has 1 aliphatic rings. The zero-order valence-electron chi connectivity index (χ0n) is 10.4. The first kappa shape index (κ1) is 12.9. The first-order chi connectivity index (χ1) is 7.11. The molecule has 2 N–H and O–H groups in total. The van der Waals surface area contributed by atoms with E-state index in [0.29, 0.717) is 5.92 Å². The second-order valence-corrected chi connectivity index (χ2v) is 5.34. The van der Waals surface area contributed by atoms with Gasteiger partial charge in [0.1, 0.15) is 0 Å². The van der Waals surface area contributed by atoms with Crippen molar-refractivity contribution in [2.75, 3.05) is 32.8 Å². The van der Waals surface area contributed by atoms with Crippen molar-refractivity contribution in [3.05, 3.63) is 0 Å². The zero-order valence-corrected chi connectivity index (χ0v) is 10.4. The second kappa shape index (κ2) is 6.46. The Morgan fingerprint density at radius 2 is 2.13 bits per heavy atom. The standard InChI is InChI=1S/C12H26N2O/c1-10(2)4-5-14-7-11(3)6-13-12(8-14)9-15/h10-13,15H,4-9H2,1-3H3. The minimum Gasteiger partial charge on any atom is -0.395 e. The molecule has 0 radical (unpaired) electrons. The third kappa shape index (κ3) is 4.96. The predicted molar refractivity (Wildman–Crippen MR) is 63.9 cm³/mol. The highest BCUT2D eigenvalue weighted by molar-refractivity contribution is 4.78. The van der Waals surface area contributed by atoms with Crippen LogP contribution in [-0.4, -0.2) is 48.8 Å². The molecule has 2 atom stereocenters. The first-order valence-electron chi connectivity index (χ1n) is 6.18. The molecule has 0 aromatic rings. The van der Waals surface area contributed by atoms with E-state index in [1.54, 1.807) is 0 Å². The molecule has 1 saturated heterocycles. The van der Waals surface area contributed by atoms with Gasteiger partial charge < -0.3 is 15.3 Å². The van der Waals surface area contributed by atoms with E-state index < -0.39 is 0 Å². The second-order valence-electron chi connectivity index (χ2n) is 5.34. The van der Waals surface area contributed by atoms with Crippen LogP contribution in [-0.2, 0) is 0 Å². The van der Waals surface area contributed by atoms with E-state index >= 15 is 0 Å². The highest BCUT2D eigenvalue weighted by Crippen LogP contribution is 2.09. The van der Waals surface area contributed by atoms with Gasteiger partial charge in [0.05, 0.1) is 6.61 Å². The van der Waals surface area contributed by atoms with Crippen LogP contribution in [0.15, 0.2) is 0 Å². The molecule has 3 nitrogen and oxygen atoms in total. The van der Waals surface area contributed by atoms with Gasteiger partial charge in [0.15, 0.2) is 0 Å². The average Bonchev–Trinajstić information content (AvgIpc) is 2.37. The Labute approximate surface area is 93.9 Å². The minimum atomic E-state index is 0.255. The average molecular weight is 214 g/mol. The van der Waals surface area contributed by atoms with Crippen molar-refractivity contribution in [3.63, 3.8) is 0 Å². The van der Waals surface area contributed by atoms with Crippen LogP contribution in [0.25, 0.3) is 0 Å². The van der Waals surface area contributed by atoms with Crippen molar-refractivity contribution >= 4 is 0 Å². The van der Waals surface area contributed by atoms with Gasteiger partial charge in [0.2, 0.25) is 0 Å². The molecule has 0 aromatic heterocycles. The van der Waals surface area contributed by atoms with Crippen LogP contribution in [0.3, 0.4) is 0 Å². The van der Waals surface area contributed by atoms with E-state index in [1.807, 2.05) is 0 Å². The third-order valence-electron chi connectivity index (χ3n) is 3.05. The molecule has 0 spiro atoms. The summed E-state index contributed by atoms with van der Waals surface area (Å²) in [5, 5.41) is 12.6. The molecule has 15 heavy (non-hydrogen) atoms. The molecule has 1 rings (SSSR count). The fraction of sp³-hybridized carbons (Fsp3) is 1.00. The Morgan fingerprint density at radius 3 is 2.73 bits per heavy atom. The predicted octanol–water partition coefficient (Wildman–Crippen LogP) is 0.935. The first-order valence-corrected chi connectivity index (χ1v) is 6.18. The molecule has 1 fully saturated rings. The summed E-state index contributed by atoms with van der Waals surface area (Å²) in [6, 6.07) is 0.266. The molecule has 3 heteroatoms. The maximum Gasteiger partial charge on any atom is 0.0597 e. The lowest BCUT2D eigenvalue weighted by molar-refractivity contribution is 0.191. The van der Waals surface area contributed by atoms with Gasteiger partial charge in [-0.2, -0.15) is 0 Å². The number of hydrogen-bond donors (Lipinski definition) is 2. The summed E-state index contributed by atoms with van der Waals surface area (Å²) in [5.41, 5.74) is 0. The Hall–Kier alpha value is -0.120. The molecule has 0 aromatic carbocycles. The van der Waals surface area contributed by atoms with E-state index in [-0.39, 0.29) is 12.6 Å². The van der Waals surface area contributed by atoms with Crippen LogP contribution >= 0.6 is 0 Å². The van der Waals surface area contributed by atoms with E-state index in [9.17, 15) is 5.11 Å². The summed E-state index contributed by atoms with van der Waals surface area (Å²) in [7, 11) is 0. The van der Waals surface area contributed by atoms with Crippen LogP contribution in [0.5, 0.6) is 0 Å². The molecule has 90 valence electrons. The topological polar surface area (TPSA) is 35.5 Å². The van der Waals surface area contributed by atoms with Crippen LogP contribution in [0.4, 0.5) is 0 Å². The largest absolute Gasteiger partial charge is 0.395 e. The quantitative estimate of drug-likeness (QED) is 0.731. The normalized spacial score (nSPS) is 29.4. The van der Waals surface area contributed by atoms with Gasteiger partial charge in [-0.05, 0) is 31.3 Å². The highest BCUT2D eigenvalue weighted by Gasteiger charge is 2.20. The van der Waals surface area contributed by atoms with Crippen LogP contribution in [0.2, 0.25) is 0 Å². The number of rotatable bonds is 4. The molecule has 1 aliphatic heterocycles. The maximum absolute atomic E-state index is 9.21. The number of nitrogens with zero attached hydrogens (tertiary/aromatic N) is 1. The number of aliphatic hydroxyl groups is 1. The smallest absolute Gasteiger partial charge is 0.0597 e. The summed E-state index contributed by atoms with van der Waals surface area (Å²) < 4.78 is 0. The molecule has 0 aliphatic carbocycles. The Kier molecular flexibility index (Phi) is 5.58. The van der Waals surface area contributed by atoms with Gasteiger partial charge in [-0.25, -0.2) is 0 Å². The van der Waals surface area contributed by atoms with Crippen LogP contribution in [0, 0.1) is 11.8 Å². The summed E-state index contributed by atoms with van der Waals surface area (Å²) in [6.07, 6.45) is 1.25. The van der Waals surface area contributed by atoms with Gasteiger partial charge in [-0.1, -0.05) is 20.8 Å². The van der Waals surface area contributed by atoms with E-state index in [0.717, 1.165) is 25.6 Å². The number of hydrogen-bond acceptors (Lipinski definition) is 3. The van der Waals surface area contributed by atoms with Gasteiger partial charge in [0, 0.05) is 19.1 Å². The van der Waals surface area contributed by atoms with Crippen molar-refractivity contribution in [1.29, 1.82) is 0 Å². The summed E-state index contributed by atoms with van der Waals surface area (Å²) in [6.45, 7) is 11.4. The van der Waals surface area contributed by atoms with E-state index in [2.05, 4.69) is 31.0 Å². The Balaban J connectivity index is 2.38. The van der Waals surface area contributed by atoms with Crippen molar-refractivity contribution in [2.24, 2.45) is 11.8 Å². The van der Waals surface area contributed by atoms with Crippen molar-refractivity contribution in [1.82, 2.24) is 10.2 Å². The van der Waals surface area contributed by atoms with E-state index in [4.69, 9.17) is 0 Å². The van der Waals surface area contributed by atoms with Gasteiger partial charge in [0.25, 0.3) is 0 Å². The molecular weight excluding hydrogens is 188 g/mol. The van der Waals surface area contributed by atoms with Crippen LogP contribution < -0.4 is 5.32 Å². The highest BCUT2D eigenvalue weighted by atomic mass is 16.3. The van der Waals surface area contributed by atoms with Crippen molar-refractivity contribution in [2.45, 2.75) is 33.2 Å². The van der Waals surface area contributed by atoms with Crippen molar-refractivity contribution in [3.8, 4) is 0 Å². The SMILES string of the molecule is CC(C)CCN1CC(C)CNC(CO)C1. The summed E-state index contributed by atoms with van der Waals surface area (Å²) >= 11 is 0. The third-order valence-corrected chi connectivity index (χ3v) is 3.05. The monoisotopic (exact) mass is 214 g/mol. The molecule has 1 heterocycles. The summed E-state index contributed by atoms with van der Waals surface area (Å²) in [4.78, 5) is 2.49. The van der Waals surface area contributed by atoms with Crippen molar-refractivity contribution < 1.29 is 5.11 Å². The Bertz CT molecular complexity index is 173. The molecule has 0 bridgehead atoms. The van der Waals surface area contributed by atoms with Gasteiger partial charge in [-0.3, -0.25) is 0 Å². The maximum atomic E-state index is 9.21. The number of aliphatic hydroxyl groups excluding tert-OH is 1.